The van der Waals surface area contributed by atoms with E-state index in [4.69, 9.17) is 21.4 Å². The molecule has 2 heterocycles. The van der Waals surface area contributed by atoms with Gasteiger partial charge in [-0.3, -0.25) is 4.90 Å². The van der Waals surface area contributed by atoms with E-state index >= 15 is 0 Å². The predicted molar refractivity (Wildman–Crippen MR) is 71.7 cm³/mol. The summed E-state index contributed by atoms with van der Waals surface area (Å²) in [6.45, 7) is 4.37. The normalized spacial score (nSPS) is 17.3. The van der Waals surface area contributed by atoms with Crippen molar-refractivity contribution in [1.29, 1.82) is 0 Å². The molecule has 1 aliphatic rings. The number of nitrogens with zero attached hydrogens (tertiary/aromatic N) is 5. The SMILES string of the molecule is COc1nc(Cl)nc(N2CCCN(CCO)CC2)n1. The van der Waals surface area contributed by atoms with Gasteiger partial charge in [-0.05, 0) is 24.6 Å². The van der Waals surface area contributed by atoms with Crippen LogP contribution in [0.5, 0.6) is 6.01 Å². The zero-order valence-electron chi connectivity index (χ0n) is 10.9. The van der Waals surface area contributed by atoms with Crippen molar-refractivity contribution in [2.24, 2.45) is 0 Å². The number of aromatic nitrogens is 3. The Morgan fingerprint density at radius 2 is 2.05 bits per heavy atom. The van der Waals surface area contributed by atoms with E-state index in [-0.39, 0.29) is 17.9 Å². The molecule has 19 heavy (non-hydrogen) atoms. The van der Waals surface area contributed by atoms with Crippen molar-refractivity contribution in [2.45, 2.75) is 6.42 Å². The van der Waals surface area contributed by atoms with Crippen LogP contribution in [-0.2, 0) is 0 Å². The minimum atomic E-state index is 0.137. The number of rotatable bonds is 4. The molecule has 0 aromatic carbocycles. The third kappa shape index (κ3) is 3.89. The van der Waals surface area contributed by atoms with E-state index in [1.807, 2.05) is 0 Å². The first kappa shape index (κ1) is 14.2. The number of hydrogen-bond donors (Lipinski definition) is 1. The van der Waals surface area contributed by atoms with Gasteiger partial charge >= 0.3 is 6.01 Å². The molecule has 0 bridgehead atoms. The van der Waals surface area contributed by atoms with Gasteiger partial charge in [0, 0.05) is 26.2 Å². The predicted octanol–water partition coefficient (Wildman–Crippen LogP) is 0.0380. The minimum Gasteiger partial charge on any atom is -0.467 e. The standard InChI is InChI=1S/C11H18ClN5O2/c1-19-11-14-9(12)13-10(15-11)17-4-2-3-16(5-6-17)7-8-18/h18H,2-8H2,1H3. The second-order valence-corrected chi connectivity index (χ2v) is 4.64. The van der Waals surface area contributed by atoms with Crippen molar-refractivity contribution < 1.29 is 9.84 Å². The minimum absolute atomic E-state index is 0.137. The Labute approximate surface area is 117 Å². The molecule has 0 atom stereocenters. The smallest absolute Gasteiger partial charge is 0.322 e. The summed E-state index contributed by atoms with van der Waals surface area (Å²) in [5, 5.41) is 9.11. The number of halogens is 1. The van der Waals surface area contributed by atoms with Gasteiger partial charge in [-0.25, -0.2) is 0 Å². The summed E-state index contributed by atoms with van der Waals surface area (Å²) in [4.78, 5) is 16.5. The molecule has 1 aromatic heterocycles. The maximum Gasteiger partial charge on any atom is 0.322 e. The molecule has 7 nitrogen and oxygen atoms in total. The highest BCUT2D eigenvalue weighted by Gasteiger charge is 2.18. The monoisotopic (exact) mass is 287 g/mol. The Bertz CT molecular complexity index is 420. The quantitative estimate of drug-likeness (QED) is 0.838. The summed E-state index contributed by atoms with van der Waals surface area (Å²) in [6, 6.07) is 0.228. The zero-order chi connectivity index (χ0) is 13.7. The lowest BCUT2D eigenvalue weighted by Crippen LogP contribution is -2.33. The van der Waals surface area contributed by atoms with Gasteiger partial charge in [-0.1, -0.05) is 0 Å². The van der Waals surface area contributed by atoms with Crippen LogP contribution >= 0.6 is 11.6 Å². The van der Waals surface area contributed by atoms with Gasteiger partial charge < -0.3 is 14.7 Å². The van der Waals surface area contributed by atoms with E-state index in [9.17, 15) is 0 Å². The first-order valence-electron chi connectivity index (χ1n) is 6.26. The Kier molecular flexibility index (Phi) is 5.12. The summed E-state index contributed by atoms with van der Waals surface area (Å²) >= 11 is 5.85. The fourth-order valence-corrected chi connectivity index (χ4v) is 2.24. The number of anilines is 1. The number of hydrogen-bond acceptors (Lipinski definition) is 7. The number of ether oxygens (including phenoxy) is 1. The fraction of sp³-hybridized carbons (Fsp3) is 0.727. The Morgan fingerprint density at radius 1 is 1.21 bits per heavy atom. The molecule has 0 spiro atoms. The van der Waals surface area contributed by atoms with Gasteiger partial charge in [0.15, 0.2) is 0 Å². The van der Waals surface area contributed by atoms with E-state index in [2.05, 4.69) is 24.8 Å². The molecule has 0 radical (unpaired) electrons. The van der Waals surface area contributed by atoms with E-state index in [0.717, 1.165) is 32.6 Å². The van der Waals surface area contributed by atoms with Crippen LogP contribution in [0.1, 0.15) is 6.42 Å². The Balaban J connectivity index is 2.07. The van der Waals surface area contributed by atoms with Gasteiger partial charge in [0.2, 0.25) is 11.2 Å². The maximum absolute atomic E-state index is 8.98. The zero-order valence-corrected chi connectivity index (χ0v) is 11.7. The molecule has 106 valence electrons. The van der Waals surface area contributed by atoms with Gasteiger partial charge in [0.25, 0.3) is 0 Å². The summed E-state index contributed by atoms with van der Waals surface area (Å²) < 4.78 is 5.00. The number of aliphatic hydroxyl groups is 1. The van der Waals surface area contributed by atoms with Crippen LogP contribution in [0.2, 0.25) is 5.28 Å². The van der Waals surface area contributed by atoms with Crippen LogP contribution in [0.3, 0.4) is 0 Å². The Morgan fingerprint density at radius 3 is 2.79 bits per heavy atom. The van der Waals surface area contributed by atoms with Crippen LogP contribution in [0.25, 0.3) is 0 Å². The Hall–Kier alpha value is -1.18. The average molecular weight is 288 g/mol. The third-order valence-electron chi connectivity index (χ3n) is 3.05. The first-order valence-corrected chi connectivity index (χ1v) is 6.64. The molecule has 8 heteroatoms. The first-order chi connectivity index (χ1) is 9.22. The molecule has 1 aromatic rings. The van der Waals surface area contributed by atoms with Crippen LogP contribution in [-0.4, -0.2) is 71.4 Å². The molecule has 1 N–H and O–H groups in total. The average Bonchev–Trinajstić information content (AvgIpc) is 2.64. The highest BCUT2D eigenvalue weighted by atomic mass is 35.5. The van der Waals surface area contributed by atoms with Gasteiger partial charge in [-0.2, -0.15) is 15.0 Å². The maximum atomic E-state index is 8.98. The largest absolute Gasteiger partial charge is 0.467 e. The van der Waals surface area contributed by atoms with Gasteiger partial charge in [0.05, 0.1) is 13.7 Å². The summed E-state index contributed by atoms with van der Waals surface area (Å²) in [5.74, 6) is 0.544. The van der Waals surface area contributed by atoms with Crippen molar-refractivity contribution in [3.05, 3.63) is 5.28 Å². The van der Waals surface area contributed by atoms with Crippen LogP contribution in [0, 0.1) is 0 Å². The van der Waals surface area contributed by atoms with Crippen molar-refractivity contribution in [3.8, 4) is 6.01 Å². The highest BCUT2D eigenvalue weighted by molar-refractivity contribution is 6.28. The number of β-amino-alcohol motifs (C(OH)–C–C–N with tert-alkyl or cyclic N) is 1. The lowest BCUT2D eigenvalue weighted by Gasteiger charge is -2.21. The van der Waals surface area contributed by atoms with Crippen LogP contribution in [0.15, 0.2) is 0 Å². The summed E-state index contributed by atoms with van der Waals surface area (Å²) in [7, 11) is 1.50. The van der Waals surface area contributed by atoms with E-state index in [0.29, 0.717) is 12.5 Å². The molecule has 2 rings (SSSR count). The third-order valence-corrected chi connectivity index (χ3v) is 3.21. The lowest BCUT2D eigenvalue weighted by atomic mass is 10.4. The van der Waals surface area contributed by atoms with Gasteiger partial charge in [-0.15, -0.1) is 0 Å². The molecule has 1 fully saturated rings. The fourth-order valence-electron chi connectivity index (χ4n) is 2.09. The number of methoxy groups -OCH3 is 1. The molecular weight excluding hydrogens is 270 g/mol. The molecular formula is C11H18ClN5O2. The molecule has 0 unspecified atom stereocenters. The second kappa shape index (κ2) is 6.83. The van der Waals surface area contributed by atoms with Crippen molar-refractivity contribution >= 4 is 17.5 Å². The topological polar surface area (TPSA) is 74.6 Å². The van der Waals surface area contributed by atoms with Crippen LogP contribution in [0.4, 0.5) is 5.95 Å². The summed E-state index contributed by atoms with van der Waals surface area (Å²) in [6.07, 6.45) is 0.992. The molecule has 1 saturated heterocycles. The van der Waals surface area contributed by atoms with Gasteiger partial charge in [0.1, 0.15) is 0 Å². The van der Waals surface area contributed by atoms with E-state index in [1.54, 1.807) is 0 Å². The van der Waals surface area contributed by atoms with E-state index in [1.165, 1.54) is 7.11 Å². The molecule has 1 aliphatic heterocycles. The highest BCUT2D eigenvalue weighted by Crippen LogP contribution is 2.16. The second-order valence-electron chi connectivity index (χ2n) is 4.30. The van der Waals surface area contributed by atoms with Crippen molar-refractivity contribution in [2.75, 3.05) is 51.3 Å². The lowest BCUT2D eigenvalue weighted by molar-refractivity contribution is 0.204. The van der Waals surface area contributed by atoms with Crippen molar-refractivity contribution in [1.82, 2.24) is 19.9 Å². The van der Waals surface area contributed by atoms with Crippen molar-refractivity contribution in [3.63, 3.8) is 0 Å². The molecule has 0 amide bonds. The molecule has 0 saturated carbocycles. The molecule has 0 aliphatic carbocycles. The van der Waals surface area contributed by atoms with E-state index < -0.39 is 0 Å². The van der Waals surface area contributed by atoms with Crippen LogP contribution < -0.4 is 9.64 Å². The number of aliphatic hydroxyl groups excluding tert-OH is 1. The summed E-state index contributed by atoms with van der Waals surface area (Å²) in [5.41, 5.74) is 0.